The SMILES string of the molecule is CN(C)c1ccccc1Cc1cccc(CC(=O)O)c1. The van der Waals surface area contributed by atoms with Crippen molar-refractivity contribution in [3.8, 4) is 0 Å². The van der Waals surface area contributed by atoms with Gasteiger partial charge in [-0.15, -0.1) is 0 Å². The average molecular weight is 269 g/mol. The monoisotopic (exact) mass is 269 g/mol. The van der Waals surface area contributed by atoms with Gasteiger partial charge in [0, 0.05) is 19.8 Å². The fourth-order valence-corrected chi connectivity index (χ4v) is 2.34. The van der Waals surface area contributed by atoms with E-state index in [1.165, 1.54) is 11.3 Å². The summed E-state index contributed by atoms with van der Waals surface area (Å²) in [6, 6.07) is 16.1. The molecule has 3 nitrogen and oxygen atoms in total. The molecule has 0 bridgehead atoms. The minimum absolute atomic E-state index is 0.0726. The quantitative estimate of drug-likeness (QED) is 0.907. The maximum absolute atomic E-state index is 10.8. The van der Waals surface area contributed by atoms with Crippen molar-refractivity contribution in [3.05, 3.63) is 65.2 Å². The lowest BCUT2D eigenvalue weighted by Crippen LogP contribution is -2.11. The Morgan fingerprint density at radius 3 is 2.45 bits per heavy atom. The van der Waals surface area contributed by atoms with Crippen LogP contribution in [0, 0.1) is 0 Å². The number of hydrogen-bond acceptors (Lipinski definition) is 2. The molecule has 0 aliphatic heterocycles. The van der Waals surface area contributed by atoms with Crippen molar-refractivity contribution < 1.29 is 9.90 Å². The number of benzene rings is 2. The van der Waals surface area contributed by atoms with Gasteiger partial charge in [-0.05, 0) is 29.2 Å². The molecule has 0 aliphatic carbocycles. The molecule has 0 unspecified atom stereocenters. The van der Waals surface area contributed by atoms with E-state index < -0.39 is 5.97 Å². The molecule has 2 aromatic rings. The van der Waals surface area contributed by atoms with Crippen LogP contribution in [0.4, 0.5) is 5.69 Å². The number of carboxylic acid groups (broad SMARTS) is 1. The third-order valence-electron chi connectivity index (χ3n) is 3.21. The first kappa shape index (κ1) is 14.1. The van der Waals surface area contributed by atoms with E-state index >= 15 is 0 Å². The van der Waals surface area contributed by atoms with Crippen molar-refractivity contribution in [3.63, 3.8) is 0 Å². The predicted octanol–water partition coefficient (Wildman–Crippen LogP) is 2.97. The standard InChI is InChI=1S/C17H19NO2/c1-18(2)16-9-4-3-8-15(16)11-13-6-5-7-14(10-13)12-17(19)20/h3-10H,11-12H2,1-2H3,(H,19,20). The maximum atomic E-state index is 10.8. The van der Waals surface area contributed by atoms with E-state index in [4.69, 9.17) is 5.11 Å². The van der Waals surface area contributed by atoms with E-state index in [9.17, 15) is 4.79 Å². The topological polar surface area (TPSA) is 40.5 Å². The van der Waals surface area contributed by atoms with E-state index in [2.05, 4.69) is 17.0 Å². The van der Waals surface area contributed by atoms with Crippen LogP contribution >= 0.6 is 0 Å². The number of para-hydroxylation sites is 1. The van der Waals surface area contributed by atoms with Gasteiger partial charge in [0.05, 0.1) is 6.42 Å². The molecule has 104 valence electrons. The van der Waals surface area contributed by atoms with E-state index in [1.807, 2.05) is 50.5 Å². The molecule has 0 aromatic heterocycles. The fraction of sp³-hybridized carbons (Fsp3) is 0.235. The normalized spacial score (nSPS) is 10.3. The summed E-state index contributed by atoms with van der Waals surface area (Å²) in [7, 11) is 4.05. The first-order valence-corrected chi connectivity index (χ1v) is 6.61. The van der Waals surface area contributed by atoms with Crippen LogP contribution in [-0.2, 0) is 17.6 Å². The summed E-state index contributed by atoms with van der Waals surface area (Å²) >= 11 is 0. The van der Waals surface area contributed by atoms with Crippen LogP contribution in [-0.4, -0.2) is 25.2 Å². The third kappa shape index (κ3) is 3.60. The van der Waals surface area contributed by atoms with Crippen LogP contribution in [0.25, 0.3) is 0 Å². The van der Waals surface area contributed by atoms with Crippen molar-refractivity contribution in [1.29, 1.82) is 0 Å². The Kier molecular flexibility index (Phi) is 4.41. The molecular weight excluding hydrogens is 250 g/mol. The first-order chi connectivity index (χ1) is 9.56. The summed E-state index contributed by atoms with van der Waals surface area (Å²) in [6.07, 6.45) is 0.880. The molecule has 0 fully saturated rings. The molecule has 0 saturated heterocycles. The van der Waals surface area contributed by atoms with Crippen molar-refractivity contribution in [1.82, 2.24) is 0 Å². The molecule has 0 radical (unpaired) electrons. The summed E-state index contributed by atoms with van der Waals surface area (Å²) in [5.41, 5.74) is 4.41. The molecule has 20 heavy (non-hydrogen) atoms. The maximum Gasteiger partial charge on any atom is 0.307 e. The smallest absolute Gasteiger partial charge is 0.307 e. The molecule has 2 aromatic carbocycles. The molecule has 0 aliphatic rings. The molecule has 0 amide bonds. The number of aliphatic carboxylic acids is 1. The van der Waals surface area contributed by atoms with Crippen molar-refractivity contribution in [2.24, 2.45) is 0 Å². The second kappa shape index (κ2) is 6.24. The number of nitrogens with zero attached hydrogens (tertiary/aromatic N) is 1. The Balaban J connectivity index is 2.24. The van der Waals surface area contributed by atoms with Gasteiger partial charge in [0.1, 0.15) is 0 Å². The highest BCUT2D eigenvalue weighted by molar-refractivity contribution is 5.70. The Bertz CT molecular complexity index is 605. The van der Waals surface area contributed by atoms with Gasteiger partial charge < -0.3 is 10.0 Å². The third-order valence-corrected chi connectivity index (χ3v) is 3.21. The molecule has 3 heteroatoms. The van der Waals surface area contributed by atoms with Gasteiger partial charge in [-0.3, -0.25) is 4.79 Å². The van der Waals surface area contributed by atoms with Gasteiger partial charge in [-0.25, -0.2) is 0 Å². The van der Waals surface area contributed by atoms with Gasteiger partial charge in [-0.1, -0.05) is 42.5 Å². The summed E-state index contributed by atoms with van der Waals surface area (Å²) in [6.45, 7) is 0. The van der Waals surface area contributed by atoms with Crippen LogP contribution in [0.15, 0.2) is 48.5 Å². The van der Waals surface area contributed by atoms with Gasteiger partial charge in [0.15, 0.2) is 0 Å². The van der Waals surface area contributed by atoms with Gasteiger partial charge in [0.25, 0.3) is 0 Å². The van der Waals surface area contributed by atoms with Crippen molar-refractivity contribution >= 4 is 11.7 Å². The number of carboxylic acids is 1. The molecule has 0 spiro atoms. The summed E-state index contributed by atoms with van der Waals surface area (Å²) in [4.78, 5) is 12.9. The van der Waals surface area contributed by atoms with Gasteiger partial charge >= 0.3 is 5.97 Å². The van der Waals surface area contributed by atoms with Gasteiger partial charge in [-0.2, -0.15) is 0 Å². The largest absolute Gasteiger partial charge is 0.481 e. The Labute approximate surface area is 119 Å². The highest BCUT2D eigenvalue weighted by Gasteiger charge is 2.06. The fourth-order valence-electron chi connectivity index (χ4n) is 2.34. The van der Waals surface area contributed by atoms with Crippen LogP contribution in [0.1, 0.15) is 16.7 Å². The van der Waals surface area contributed by atoms with E-state index in [-0.39, 0.29) is 6.42 Å². The highest BCUT2D eigenvalue weighted by atomic mass is 16.4. The van der Waals surface area contributed by atoms with Gasteiger partial charge in [0.2, 0.25) is 0 Å². The highest BCUT2D eigenvalue weighted by Crippen LogP contribution is 2.21. The zero-order valence-electron chi connectivity index (χ0n) is 11.8. The predicted molar refractivity (Wildman–Crippen MR) is 81.4 cm³/mol. The zero-order valence-corrected chi connectivity index (χ0v) is 11.8. The molecule has 1 N–H and O–H groups in total. The summed E-state index contributed by atoms with van der Waals surface area (Å²) in [5, 5.41) is 8.86. The number of anilines is 1. The molecule has 0 saturated carbocycles. The average Bonchev–Trinajstić information content (AvgIpc) is 2.38. The van der Waals surface area contributed by atoms with Crippen LogP contribution < -0.4 is 4.90 Å². The Hall–Kier alpha value is -2.29. The summed E-state index contributed by atoms with van der Waals surface area (Å²) in [5.74, 6) is -0.796. The molecule has 2 rings (SSSR count). The lowest BCUT2D eigenvalue weighted by molar-refractivity contribution is -0.136. The molecular formula is C17H19NO2. The Morgan fingerprint density at radius 2 is 1.75 bits per heavy atom. The number of carbonyl (C=O) groups is 1. The van der Waals surface area contributed by atoms with Crippen LogP contribution in [0.5, 0.6) is 0 Å². The van der Waals surface area contributed by atoms with E-state index in [0.29, 0.717) is 0 Å². The van der Waals surface area contributed by atoms with Crippen LogP contribution in [0.2, 0.25) is 0 Å². The number of hydrogen-bond donors (Lipinski definition) is 1. The second-order valence-electron chi connectivity index (χ2n) is 5.09. The minimum Gasteiger partial charge on any atom is -0.481 e. The van der Waals surface area contributed by atoms with E-state index in [1.54, 1.807) is 0 Å². The van der Waals surface area contributed by atoms with Crippen molar-refractivity contribution in [2.45, 2.75) is 12.8 Å². The second-order valence-corrected chi connectivity index (χ2v) is 5.09. The first-order valence-electron chi connectivity index (χ1n) is 6.61. The van der Waals surface area contributed by atoms with Crippen LogP contribution in [0.3, 0.4) is 0 Å². The zero-order chi connectivity index (χ0) is 14.5. The molecule has 0 heterocycles. The Morgan fingerprint density at radius 1 is 1.05 bits per heavy atom. The lowest BCUT2D eigenvalue weighted by atomic mass is 10.00. The van der Waals surface area contributed by atoms with Crippen molar-refractivity contribution in [2.75, 3.05) is 19.0 Å². The minimum atomic E-state index is -0.796. The molecule has 0 atom stereocenters. The van der Waals surface area contributed by atoms with E-state index in [0.717, 1.165) is 17.5 Å². The number of rotatable bonds is 5. The lowest BCUT2D eigenvalue weighted by Gasteiger charge is -2.17. The summed E-state index contributed by atoms with van der Waals surface area (Å²) < 4.78 is 0.